The van der Waals surface area contributed by atoms with Crippen LogP contribution in [0.3, 0.4) is 0 Å². The highest BCUT2D eigenvalue weighted by molar-refractivity contribution is 4.72. The highest BCUT2D eigenvalue weighted by Gasteiger charge is 2.19. The molecule has 1 nitrogen and oxygen atoms in total. The molecule has 0 aromatic rings. The maximum Gasteiger partial charge on any atom is -0.00489 e. The minimum Gasteiger partial charge on any atom is -0.317 e. The van der Waals surface area contributed by atoms with E-state index in [-0.39, 0.29) is 0 Å². The monoisotopic (exact) mass is 183 g/mol. The Kier molecular flexibility index (Phi) is 6.26. The van der Waals surface area contributed by atoms with Crippen molar-refractivity contribution in [3.05, 3.63) is 0 Å². The van der Waals surface area contributed by atoms with Crippen molar-refractivity contribution in [3.8, 4) is 0 Å². The first-order chi connectivity index (χ1) is 6.43. The molecule has 0 spiro atoms. The van der Waals surface area contributed by atoms with Gasteiger partial charge in [-0.3, -0.25) is 0 Å². The molecular weight excluding hydrogens is 158 g/mol. The van der Waals surface area contributed by atoms with Crippen LogP contribution in [0.25, 0.3) is 0 Å². The summed E-state index contributed by atoms with van der Waals surface area (Å²) >= 11 is 0. The van der Waals surface area contributed by atoms with E-state index in [1.165, 1.54) is 64.5 Å². The van der Waals surface area contributed by atoms with Gasteiger partial charge in [-0.15, -0.1) is 0 Å². The predicted octanol–water partition coefficient (Wildman–Crippen LogP) is 3.35. The van der Waals surface area contributed by atoms with E-state index in [0.717, 1.165) is 5.92 Å². The first kappa shape index (κ1) is 11.0. The maximum atomic E-state index is 3.45. The van der Waals surface area contributed by atoms with Crippen molar-refractivity contribution in [2.45, 2.75) is 58.3 Å². The molecule has 13 heavy (non-hydrogen) atoms. The van der Waals surface area contributed by atoms with Crippen LogP contribution >= 0.6 is 0 Å². The molecule has 1 fully saturated rings. The van der Waals surface area contributed by atoms with Crippen LogP contribution in [0.5, 0.6) is 0 Å². The third-order valence-electron chi connectivity index (χ3n) is 2.84. The molecule has 0 bridgehead atoms. The van der Waals surface area contributed by atoms with Crippen molar-refractivity contribution < 1.29 is 0 Å². The molecule has 78 valence electrons. The van der Waals surface area contributed by atoms with Crippen LogP contribution < -0.4 is 5.32 Å². The van der Waals surface area contributed by atoms with E-state index in [9.17, 15) is 0 Å². The minimum atomic E-state index is 1.14. The highest BCUT2D eigenvalue weighted by atomic mass is 14.8. The first-order valence-corrected chi connectivity index (χ1v) is 6.14. The second kappa shape index (κ2) is 7.37. The normalized spacial score (nSPS) is 16.4. The summed E-state index contributed by atoms with van der Waals surface area (Å²) in [6, 6.07) is 0. The Bertz CT molecular complexity index is 108. The quantitative estimate of drug-likeness (QED) is 0.541. The van der Waals surface area contributed by atoms with Crippen LogP contribution in [0.2, 0.25) is 0 Å². The van der Waals surface area contributed by atoms with Gasteiger partial charge in [0.15, 0.2) is 0 Å². The van der Waals surface area contributed by atoms with Crippen molar-refractivity contribution in [2.24, 2.45) is 5.92 Å². The van der Waals surface area contributed by atoms with Crippen LogP contribution in [0, 0.1) is 5.92 Å². The largest absolute Gasteiger partial charge is 0.317 e. The first-order valence-electron chi connectivity index (χ1n) is 6.14. The van der Waals surface area contributed by atoms with Gasteiger partial charge < -0.3 is 5.32 Å². The number of unbranched alkanes of at least 4 members (excludes halogenated alkanes) is 3. The van der Waals surface area contributed by atoms with E-state index in [4.69, 9.17) is 0 Å². The van der Waals surface area contributed by atoms with Gasteiger partial charge in [0, 0.05) is 0 Å². The van der Waals surface area contributed by atoms with Crippen LogP contribution in [0.1, 0.15) is 58.3 Å². The molecule has 0 saturated heterocycles. The van der Waals surface area contributed by atoms with Gasteiger partial charge in [0.1, 0.15) is 0 Å². The lowest BCUT2D eigenvalue weighted by Crippen LogP contribution is -2.15. The summed E-state index contributed by atoms with van der Waals surface area (Å²) in [5.74, 6) is 1.14. The topological polar surface area (TPSA) is 12.0 Å². The standard InChI is InChI=1S/C12H25N/c1-2-10-13-11-6-4-3-5-7-12-8-9-12/h12-13H,2-11H2,1H3. The van der Waals surface area contributed by atoms with Crippen molar-refractivity contribution in [1.29, 1.82) is 0 Å². The van der Waals surface area contributed by atoms with Crippen LogP contribution in [-0.4, -0.2) is 13.1 Å². The molecule has 1 aliphatic rings. The van der Waals surface area contributed by atoms with Gasteiger partial charge >= 0.3 is 0 Å². The summed E-state index contributed by atoms with van der Waals surface area (Å²) in [6.45, 7) is 4.65. The number of rotatable bonds is 9. The van der Waals surface area contributed by atoms with Crippen molar-refractivity contribution in [3.63, 3.8) is 0 Å². The molecule has 1 rings (SSSR count). The lowest BCUT2D eigenvalue weighted by Gasteiger charge is -2.02. The Morgan fingerprint density at radius 1 is 1.00 bits per heavy atom. The molecule has 1 aliphatic carbocycles. The fourth-order valence-electron chi connectivity index (χ4n) is 1.74. The van der Waals surface area contributed by atoms with Gasteiger partial charge in [-0.25, -0.2) is 0 Å². The van der Waals surface area contributed by atoms with Crippen molar-refractivity contribution >= 4 is 0 Å². The Hall–Kier alpha value is -0.0400. The van der Waals surface area contributed by atoms with Crippen LogP contribution in [0.4, 0.5) is 0 Å². The lowest BCUT2D eigenvalue weighted by molar-refractivity contribution is 0.558. The molecule has 0 radical (unpaired) electrons. The molecule has 1 N–H and O–H groups in total. The molecule has 0 amide bonds. The minimum absolute atomic E-state index is 1.14. The van der Waals surface area contributed by atoms with Gasteiger partial charge in [-0.2, -0.15) is 0 Å². The molecule has 0 aromatic carbocycles. The van der Waals surface area contributed by atoms with E-state index in [2.05, 4.69) is 12.2 Å². The average molecular weight is 183 g/mol. The molecule has 0 unspecified atom stereocenters. The zero-order valence-corrected chi connectivity index (χ0v) is 9.15. The smallest absolute Gasteiger partial charge is 0.00489 e. The molecule has 0 atom stereocenters. The Morgan fingerprint density at radius 3 is 2.46 bits per heavy atom. The van der Waals surface area contributed by atoms with Crippen molar-refractivity contribution in [1.82, 2.24) is 5.32 Å². The summed E-state index contributed by atoms with van der Waals surface area (Å²) in [5.41, 5.74) is 0. The zero-order chi connectivity index (χ0) is 9.36. The zero-order valence-electron chi connectivity index (χ0n) is 9.15. The van der Waals surface area contributed by atoms with Gasteiger partial charge in [-0.1, -0.05) is 45.4 Å². The number of nitrogens with one attached hydrogen (secondary N) is 1. The molecule has 0 aromatic heterocycles. The Labute approximate surface area is 83.3 Å². The third kappa shape index (κ3) is 7.06. The lowest BCUT2D eigenvalue weighted by atomic mass is 10.1. The fraction of sp³-hybridized carbons (Fsp3) is 1.00. The summed E-state index contributed by atoms with van der Waals surface area (Å²) in [5, 5.41) is 3.45. The summed E-state index contributed by atoms with van der Waals surface area (Å²) in [7, 11) is 0. The van der Waals surface area contributed by atoms with E-state index in [1.54, 1.807) is 0 Å². The van der Waals surface area contributed by atoms with Crippen LogP contribution in [0.15, 0.2) is 0 Å². The second-order valence-electron chi connectivity index (χ2n) is 4.40. The van der Waals surface area contributed by atoms with Crippen LogP contribution in [-0.2, 0) is 0 Å². The third-order valence-corrected chi connectivity index (χ3v) is 2.84. The van der Waals surface area contributed by atoms with Gasteiger partial charge in [0.2, 0.25) is 0 Å². The molecule has 1 heteroatoms. The maximum absolute atomic E-state index is 3.45. The highest BCUT2D eigenvalue weighted by Crippen LogP contribution is 2.33. The number of hydrogen-bond acceptors (Lipinski definition) is 1. The average Bonchev–Trinajstić information content (AvgIpc) is 2.93. The predicted molar refractivity (Wildman–Crippen MR) is 59.0 cm³/mol. The van der Waals surface area contributed by atoms with E-state index in [0.29, 0.717) is 0 Å². The van der Waals surface area contributed by atoms with E-state index < -0.39 is 0 Å². The van der Waals surface area contributed by atoms with E-state index in [1.807, 2.05) is 0 Å². The second-order valence-corrected chi connectivity index (χ2v) is 4.40. The molecule has 0 heterocycles. The summed E-state index contributed by atoms with van der Waals surface area (Å²) < 4.78 is 0. The SMILES string of the molecule is CCCNCCCCCCC1CC1. The Balaban J connectivity index is 1.63. The number of hydrogen-bond donors (Lipinski definition) is 1. The molecular formula is C12H25N. The van der Waals surface area contributed by atoms with Gasteiger partial charge in [-0.05, 0) is 31.8 Å². The Morgan fingerprint density at radius 2 is 1.77 bits per heavy atom. The van der Waals surface area contributed by atoms with Gasteiger partial charge in [0.25, 0.3) is 0 Å². The molecule has 1 saturated carbocycles. The van der Waals surface area contributed by atoms with Gasteiger partial charge in [0.05, 0.1) is 0 Å². The van der Waals surface area contributed by atoms with Crippen molar-refractivity contribution in [2.75, 3.05) is 13.1 Å². The summed E-state index contributed by atoms with van der Waals surface area (Å²) in [4.78, 5) is 0. The molecule has 0 aliphatic heterocycles. The fourth-order valence-corrected chi connectivity index (χ4v) is 1.74. The summed E-state index contributed by atoms with van der Waals surface area (Å²) in [6.07, 6.45) is 11.6. The van der Waals surface area contributed by atoms with E-state index >= 15 is 0 Å².